The molecule has 0 radical (unpaired) electrons. The number of amides is 1. The van der Waals surface area contributed by atoms with E-state index >= 15 is 0 Å². The van der Waals surface area contributed by atoms with Gasteiger partial charge in [0.15, 0.2) is 0 Å². The Balaban J connectivity index is 1.72. The van der Waals surface area contributed by atoms with E-state index in [4.69, 9.17) is 0 Å². The molecule has 0 aliphatic rings. The third-order valence-corrected chi connectivity index (χ3v) is 4.87. The van der Waals surface area contributed by atoms with Gasteiger partial charge in [-0.05, 0) is 49.2 Å². The standard InChI is InChI=1S/C22H22FN5O/c1-4-27-19-8-6-5-7-18(19)25-22(27)26-21(29)17-13-24-28(20(17)14(2)3)16-11-9-15(23)10-12-16/h5-14H,4H2,1-3H3,(H,25,26,29). The van der Waals surface area contributed by atoms with Gasteiger partial charge in [0.2, 0.25) is 5.95 Å². The Hall–Kier alpha value is -3.48. The highest BCUT2D eigenvalue weighted by molar-refractivity contribution is 6.05. The van der Waals surface area contributed by atoms with E-state index in [1.54, 1.807) is 23.0 Å². The molecule has 0 aliphatic carbocycles. The van der Waals surface area contributed by atoms with Crippen LogP contribution in [0, 0.1) is 5.82 Å². The van der Waals surface area contributed by atoms with Gasteiger partial charge in [-0.25, -0.2) is 14.1 Å². The van der Waals surface area contributed by atoms with Crippen LogP contribution in [0.5, 0.6) is 0 Å². The number of carbonyl (C=O) groups is 1. The van der Waals surface area contributed by atoms with Crippen molar-refractivity contribution in [2.45, 2.75) is 33.2 Å². The van der Waals surface area contributed by atoms with Crippen LogP contribution in [0.2, 0.25) is 0 Å². The molecule has 6 nitrogen and oxygen atoms in total. The second-order valence-electron chi connectivity index (χ2n) is 7.11. The maximum Gasteiger partial charge on any atom is 0.261 e. The molecule has 0 fully saturated rings. The van der Waals surface area contributed by atoms with Gasteiger partial charge in [-0.2, -0.15) is 5.10 Å². The number of fused-ring (bicyclic) bond motifs is 1. The van der Waals surface area contributed by atoms with Crippen LogP contribution in [0.25, 0.3) is 16.7 Å². The largest absolute Gasteiger partial charge is 0.310 e. The maximum atomic E-state index is 13.3. The highest BCUT2D eigenvalue weighted by Gasteiger charge is 2.22. The molecule has 29 heavy (non-hydrogen) atoms. The summed E-state index contributed by atoms with van der Waals surface area (Å²) in [4.78, 5) is 17.7. The number of anilines is 1. The van der Waals surface area contributed by atoms with Gasteiger partial charge < -0.3 is 4.57 Å². The van der Waals surface area contributed by atoms with E-state index in [2.05, 4.69) is 15.4 Å². The van der Waals surface area contributed by atoms with Gasteiger partial charge in [0, 0.05) is 6.54 Å². The van der Waals surface area contributed by atoms with Crippen LogP contribution in [-0.2, 0) is 6.54 Å². The molecule has 0 spiro atoms. The molecule has 7 heteroatoms. The Kier molecular flexibility index (Phi) is 4.88. The summed E-state index contributed by atoms with van der Waals surface area (Å²) in [5.41, 5.74) is 3.73. The fraction of sp³-hybridized carbons (Fsp3) is 0.227. The first kappa shape index (κ1) is 18.9. The van der Waals surface area contributed by atoms with Crippen molar-refractivity contribution in [1.29, 1.82) is 0 Å². The number of para-hydroxylation sites is 2. The van der Waals surface area contributed by atoms with Crippen LogP contribution in [-0.4, -0.2) is 25.2 Å². The van der Waals surface area contributed by atoms with Gasteiger partial charge in [0.25, 0.3) is 5.91 Å². The molecule has 4 rings (SSSR count). The van der Waals surface area contributed by atoms with Gasteiger partial charge in [-0.15, -0.1) is 0 Å². The topological polar surface area (TPSA) is 64.7 Å². The molecule has 2 heterocycles. The van der Waals surface area contributed by atoms with Crippen LogP contribution in [0.3, 0.4) is 0 Å². The predicted molar refractivity (Wildman–Crippen MR) is 111 cm³/mol. The van der Waals surface area contributed by atoms with Crippen molar-refractivity contribution in [3.8, 4) is 5.69 Å². The van der Waals surface area contributed by atoms with E-state index in [0.717, 1.165) is 16.7 Å². The highest BCUT2D eigenvalue weighted by Crippen LogP contribution is 2.25. The third kappa shape index (κ3) is 3.40. The number of aryl methyl sites for hydroxylation is 1. The summed E-state index contributed by atoms with van der Waals surface area (Å²) in [6.45, 7) is 6.68. The molecular weight excluding hydrogens is 369 g/mol. The van der Waals surface area contributed by atoms with Crippen LogP contribution in [0.1, 0.15) is 42.7 Å². The summed E-state index contributed by atoms with van der Waals surface area (Å²) in [6, 6.07) is 13.8. The summed E-state index contributed by atoms with van der Waals surface area (Å²) >= 11 is 0. The van der Waals surface area contributed by atoms with Gasteiger partial charge in [0.05, 0.1) is 34.2 Å². The van der Waals surface area contributed by atoms with Crippen LogP contribution < -0.4 is 5.32 Å². The molecule has 0 saturated carbocycles. The zero-order chi connectivity index (χ0) is 20.5. The average Bonchev–Trinajstić information content (AvgIpc) is 3.29. The molecule has 0 atom stereocenters. The minimum atomic E-state index is -0.316. The minimum Gasteiger partial charge on any atom is -0.310 e. The fourth-order valence-electron chi connectivity index (χ4n) is 3.54. The van der Waals surface area contributed by atoms with E-state index in [0.29, 0.717) is 23.7 Å². The first-order chi connectivity index (χ1) is 14.0. The molecule has 2 aromatic carbocycles. The van der Waals surface area contributed by atoms with Crippen molar-refractivity contribution < 1.29 is 9.18 Å². The van der Waals surface area contributed by atoms with Gasteiger partial charge in [-0.1, -0.05) is 26.0 Å². The molecule has 0 saturated heterocycles. The monoisotopic (exact) mass is 391 g/mol. The van der Waals surface area contributed by atoms with Crippen LogP contribution >= 0.6 is 0 Å². The summed E-state index contributed by atoms with van der Waals surface area (Å²) in [6.07, 6.45) is 1.55. The fourth-order valence-corrected chi connectivity index (χ4v) is 3.54. The number of nitrogens with zero attached hydrogens (tertiary/aromatic N) is 4. The number of benzene rings is 2. The molecule has 4 aromatic rings. The number of rotatable bonds is 5. The summed E-state index contributed by atoms with van der Waals surface area (Å²) in [7, 11) is 0. The van der Waals surface area contributed by atoms with Crippen molar-refractivity contribution in [3.63, 3.8) is 0 Å². The quantitative estimate of drug-likeness (QED) is 0.534. The number of aromatic nitrogens is 4. The smallest absolute Gasteiger partial charge is 0.261 e. The zero-order valence-electron chi connectivity index (χ0n) is 16.6. The van der Waals surface area contributed by atoms with Crippen molar-refractivity contribution in [1.82, 2.24) is 19.3 Å². The Bertz CT molecular complexity index is 1170. The molecular formula is C22H22FN5O. The average molecular weight is 391 g/mol. The zero-order valence-corrected chi connectivity index (χ0v) is 16.6. The van der Waals surface area contributed by atoms with E-state index < -0.39 is 0 Å². The van der Waals surface area contributed by atoms with Crippen molar-refractivity contribution in [2.24, 2.45) is 0 Å². The van der Waals surface area contributed by atoms with E-state index in [1.807, 2.05) is 49.6 Å². The lowest BCUT2D eigenvalue weighted by Crippen LogP contribution is -2.18. The maximum absolute atomic E-state index is 13.3. The molecule has 0 aliphatic heterocycles. The van der Waals surface area contributed by atoms with Gasteiger partial charge >= 0.3 is 0 Å². The normalized spacial score (nSPS) is 11.3. The first-order valence-electron chi connectivity index (χ1n) is 9.60. The molecule has 1 N–H and O–H groups in total. The van der Waals surface area contributed by atoms with Crippen molar-refractivity contribution in [2.75, 3.05) is 5.32 Å². The number of nitrogens with one attached hydrogen (secondary N) is 1. The number of imidazole rings is 1. The Morgan fingerprint density at radius 1 is 1.14 bits per heavy atom. The second kappa shape index (κ2) is 7.50. The Morgan fingerprint density at radius 2 is 1.86 bits per heavy atom. The number of hydrogen-bond acceptors (Lipinski definition) is 3. The molecule has 0 bridgehead atoms. The number of halogens is 1. The van der Waals surface area contributed by atoms with Crippen molar-refractivity contribution >= 4 is 22.9 Å². The molecule has 2 aromatic heterocycles. The van der Waals surface area contributed by atoms with Gasteiger partial charge in [-0.3, -0.25) is 10.1 Å². The van der Waals surface area contributed by atoms with E-state index in [-0.39, 0.29) is 17.6 Å². The lowest BCUT2D eigenvalue weighted by Gasteiger charge is -2.13. The molecule has 148 valence electrons. The summed E-state index contributed by atoms with van der Waals surface area (Å²) in [5, 5.41) is 7.33. The predicted octanol–water partition coefficient (Wildman–Crippen LogP) is 4.76. The van der Waals surface area contributed by atoms with E-state index in [1.165, 1.54) is 12.1 Å². The summed E-state index contributed by atoms with van der Waals surface area (Å²) < 4.78 is 16.9. The molecule has 1 amide bonds. The highest BCUT2D eigenvalue weighted by atomic mass is 19.1. The van der Waals surface area contributed by atoms with Gasteiger partial charge in [0.1, 0.15) is 5.82 Å². The van der Waals surface area contributed by atoms with Crippen molar-refractivity contribution in [3.05, 3.63) is 71.8 Å². The minimum absolute atomic E-state index is 0.0355. The lowest BCUT2D eigenvalue weighted by molar-refractivity contribution is 0.102. The Morgan fingerprint density at radius 3 is 2.55 bits per heavy atom. The lowest BCUT2D eigenvalue weighted by atomic mass is 10.1. The third-order valence-electron chi connectivity index (χ3n) is 4.87. The Labute approximate surface area is 168 Å². The summed E-state index contributed by atoms with van der Waals surface area (Å²) in [5.74, 6) is -0.0493. The van der Waals surface area contributed by atoms with Crippen LogP contribution in [0.4, 0.5) is 10.3 Å². The first-order valence-corrected chi connectivity index (χ1v) is 9.60. The number of hydrogen-bond donors (Lipinski definition) is 1. The molecule has 0 unspecified atom stereocenters. The SMILES string of the molecule is CCn1c(NC(=O)c2cnn(-c3ccc(F)cc3)c2C(C)C)nc2ccccc21. The van der Waals surface area contributed by atoms with Crippen LogP contribution in [0.15, 0.2) is 54.7 Å². The second-order valence-corrected chi connectivity index (χ2v) is 7.11. The van der Waals surface area contributed by atoms with E-state index in [9.17, 15) is 9.18 Å². The number of carbonyl (C=O) groups excluding carboxylic acids is 1.